The van der Waals surface area contributed by atoms with Gasteiger partial charge in [0.05, 0.1) is 6.61 Å². The van der Waals surface area contributed by atoms with Crippen LogP contribution in [0, 0.1) is 0 Å². The lowest BCUT2D eigenvalue weighted by Gasteiger charge is -2.27. The van der Waals surface area contributed by atoms with Crippen LogP contribution in [0.3, 0.4) is 0 Å². The van der Waals surface area contributed by atoms with Gasteiger partial charge in [-0.1, -0.05) is 6.92 Å². The van der Waals surface area contributed by atoms with Crippen LogP contribution in [0.4, 0.5) is 0 Å². The van der Waals surface area contributed by atoms with Crippen LogP contribution in [-0.2, 0) is 4.74 Å². The number of allylic oxidation sites excluding steroid dienone is 1. The Morgan fingerprint density at radius 1 is 1.73 bits per heavy atom. The zero-order chi connectivity index (χ0) is 8.32. The van der Waals surface area contributed by atoms with Crippen molar-refractivity contribution in [1.29, 1.82) is 0 Å². The van der Waals surface area contributed by atoms with Crippen molar-refractivity contribution < 1.29 is 9.84 Å². The maximum absolute atomic E-state index is 9.75. The minimum Gasteiger partial charge on any atom is -0.495 e. The Labute approximate surface area is 67.9 Å². The summed E-state index contributed by atoms with van der Waals surface area (Å²) in [5.74, 6) is 0.756. The van der Waals surface area contributed by atoms with Crippen molar-refractivity contribution in [3.8, 4) is 0 Å². The highest BCUT2D eigenvalue weighted by atomic mass is 16.5. The standard InChI is InChI=1S/C9H16O2/c1-3-9(2,10)8-6-4-5-7-11-8/h6,10H,3-5,7H2,1-2H3. The molecule has 0 spiro atoms. The molecule has 0 aromatic carbocycles. The van der Waals surface area contributed by atoms with Crippen molar-refractivity contribution in [2.75, 3.05) is 6.61 Å². The van der Waals surface area contributed by atoms with E-state index in [1.54, 1.807) is 6.92 Å². The van der Waals surface area contributed by atoms with Crippen molar-refractivity contribution in [2.45, 2.75) is 38.7 Å². The first-order valence-corrected chi connectivity index (χ1v) is 4.22. The summed E-state index contributed by atoms with van der Waals surface area (Å²) in [7, 11) is 0. The SMILES string of the molecule is CCC(C)(O)C1=CCCCO1. The van der Waals surface area contributed by atoms with Crippen LogP contribution in [0.1, 0.15) is 33.1 Å². The smallest absolute Gasteiger partial charge is 0.123 e. The molecule has 0 fully saturated rings. The quantitative estimate of drug-likeness (QED) is 0.661. The molecule has 0 bridgehead atoms. The molecule has 2 nitrogen and oxygen atoms in total. The highest BCUT2D eigenvalue weighted by Gasteiger charge is 2.26. The average Bonchev–Trinajstić information content (AvgIpc) is 2.06. The largest absolute Gasteiger partial charge is 0.495 e. The lowest BCUT2D eigenvalue weighted by atomic mass is 9.99. The van der Waals surface area contributed by atoms with Crippen LogP contribution in [0.5, 0.6) is 0 Å². The molecule has 0 aromatic rings. The summed E-state index contributed by atoms with van der Waals surface area (Å²) in [6.45, 7) is 4.50. The van der Waals surface area contributed by atoms with Crippen molar-refractivity contribution in [2.24, 2.45) is 0 Å². The molecule has 64 valence electrons. The van der Waals surface area contributed by atoms with Gasteiger partial charge in [-0.3, -0.25) is 0 Å². The molecular formula is C9H16O2. The predicted molar refractivity (Wildman–Crippen MR) is 44.2 cm³/mol. The van der Waals surface area contributed by atoms with Crippen LogP contribution < -0.4 is 0 Å². The zero-order valence-corrected chi connectivity index (χ0v) is 7.26. The molecule has 0 saturated heterocycles. The van der Waals surface area contributed by atoms with E-state index in [4.69, 9.17) is 4.74 Å². The Morgan fingerprint density at radius 3 is 2.91 bits per heavy atom. The predicted octanol–water partition coefficient (Wildman–Crippen LogP) is 1.84. The Bertz CT molecular complexity index is 159. The molecule has 0 amide bonds. The van der Waals surface area contributed by atoms with Gasteiger partial charge in [0.2, 0.25) is 0 Å². The summed E-state index contributed by atoms with van der Waals surface area (Å²) in [6.07, 6.45) is 4.81. The topological polar surface area (TPSA) is 29.5 Å². The third kappa shape index (κ3) is 1.96. The van der Waals surface area contributed by atoms with E-state index in [1.807, 2.05) is 13.0 Å². The average molecular weight is 156 g/mol. The van der Waals surface area contributed by atoms with Gasteiger partial charge in [0.25, 0.3) is 0 Å². The molecule has 1 aliphatic rings. The Kier molecular flexibility index (Phi) is 2.55. The molecule has 1 N–H and O–H groups in total. The zero-order valence-electron chi connectivity index (χ0n) is 7.26. The van der Waals surface area contributed by atoms with Crippen LogP contribution in [0.15, 0.2) is 11.8 Å². The van der Waals surface area contributed by atoms with E-state index in [0.717, 1.165) is 25.2 Å². The maximum Gasteiger partial charge on any atom is 0.123 e. The normalized spacial score (nSPS) is 23.4. The van der Waals surface area contributed by atoms with E-state index >= 15 is 0 Å². The lowest BCUT2D eigenvalue weighted by molar-refractivity contribution is 0.0155. The van der Waals surface area contributed by atoms with E-state index in [1.165, 1.54) is 0 Å². The van der Waals surface area contributed by atoms with Gasteiger partial charge in [-0.25, -0.2) is 0 Å². The fourth-order valence-electron chi connectivity index (χ4n) is 1.11. The Morgan fingerprint density at radius 2 is 2.45 bits per heavy atom. The number of hydrogen-bond acceptors (Lipinski definition) is 2. The summed E-state index contributed by atoms with van der Waals surface area (Å²) in [4.78, 5) is 0. The third-order valence-electron chi connectivity index (χ3n) is 2.16. The molecule has 1 heterocycles. The van der Waals surface area contributed by atoms with Crippen LogP contribution in [0.25, 0.3) is 0 Å². The van der Waals surface area contributed by atoms with Crippen LogP contribution in [0.2, 0.25) is 0 Å². The van der Waals surface area contributed by atoms with Gasteiger partial charge in [-0.15, -0.1) is 0 Å². The third-order valence-corrected chi connectivity index (χ3v) is 2.16. The van der Waals surface area contributed by atoms with Crippen molar-refractivity contribution in [3.63, 3.8) is 0 Å². The summed E-state index contributed by atoms with van der Waals surface area (Å²) >= 11 is 0. The number of aliphatic hydroxyl groups is 1. The van der Waals surface area contributed by atoms with Gasteiger partial charge < -0.3 is 9.84 Å². The number of hydrogen-bond donors (Lipinski definition) is 1. The first-order valence-electron chi connectivity index (χ1n) is 4.22. The number of ether oxygens (including phenoxy) is 1. The second-order valence-electron chi connectivity index (χ2n) is 3.19. The first kappa shape index (κ1) is 8.60. The Balaban J connectivity index is 2.64. The molecule has 1 rings (SSSR count). The van der Waals surface area contributed by atoms with Crippen LogP contribution in [-0.4, -0.2) is 17.3 Å². The monoisotopic (exact) mass is 156 g/mol. The van der Waals surface area contributed by atoms with Gasteiger partial charge in [0, 0.05) is 0 Å². The lowest BCUT2D eigenvalue weighted by Crippen LogP contribution is -2.28. The molecule has 0 saturated carbocycles. The van der Waals surface area contributed by atoms with E-state index in [2.05, 4.69) is 0 Å². The second-order valence-corrected chi connectivity index (χ2v) is 3.19. The summed E-state index contributed by atoms with van der Waals surface area (Å²) in [5.41, 5.74) is -0.750. The first-order chi connectivity index (χ1) is 5.17. The van der Waals surface area contributed by atoms with Crippen molar-refractivity contribution >= 4 is 0 Å². The van der Waals surface area contributed by atoms with Crippen molar-refractivity contribution in [3.05, 3.63) is 11.8 Å². The molecule has 11 heavy (non-hydrogen) atoms. The minimum absolute atomic E-state index is 0.707. The highest BCUT2D eigenvalue weighted by molar-refractivity contribution is 5.09. The van der Waals surface area contributed by atoms with E-state index in [9.17, 15) is 5.11 Å². The molecule has 0 aromatic heterocycles. The molecule has 2 heteroatoms. The molecule has 1 unspecified atom stereocenters. The second kappa shape index (κ2) is 3.26. The molecule has 1 aliphatic heterocycles. The fourth-order valence-corrected chi connectivity index (χ4v) is 1.11. The van der Waals surface area contributed by atoms with E-state index < -0.39 is 5.60 Å². The highest BCUT2D eigenvalue weighted by Crippen LogP contribution is 2.24. The van der Waals surface area contributed by atoms with Gasteiger partial charge in [0.15, 0.2) is 0 Å². The van der Waals surface area contributed by atoms with E-state index in [0.29, 0.717) is 6.42 Å². The van der Waals surface area contributed by atoms with Gasteiger partial charge >= 0.3 is 0 Å². The van der Waals surface area contributed by atoms with Gasteiger partial charge in [0.1, 0.15) is 11.4 Å². The Hall–Kier alpha value is -0.500. The molecule has 0 radical (unpaired) electrons. The summed E-state index contributed by atoms with van der Waals surface area (Å²) in [5, 5.41) is 9.75. The molecule has 0 aliphatic carbocycles. The summed E-state index contributed by atoms with van der Waals surface area (Å²) < 4.78 is 5.34. The van der Waals surface area contributed by atoms with Gasteiger partial charge in [-0.05, 0) is 32.3 Å². The molecule has 1 atom stereocenters. The van der Waals surface area contributed by atoms with Gasteiger partial charge in [-0.2, -0.15) is 0 Å². The van der Waals surface area contributed by atoms with E-state index in [-0.39, 0.29) is 0 Å². The minimum atomic E-state index is -0.750. The fraction of sp³-hybridized carbons (Fsp3) is 0.778. The van der Waals surface area contributed by atoms with Crippen LogP contribution >= 0.6 is 0 Å². The van der Waals surface area contributed by atoms with Crippen molar-refractivity contribution in [1.82, 2.24) is 0 Å². The maximum atomic E-state index is 9.75. The summed E-state index contributed by atoms with van der Waals surface area (Å²) in [6, 6.07) is 0. The number of rotatable bonds is 2. The molecular weight excluding hydrogens is 140 g/mol.